The van der Waals surface area contributed by atoms with Crippen molar-refractivity contribution >= 4 is 51.9 Å². The van der Waals surface area contributed by atoms with Gasteiger partial charge in [-0.25, -0.2) is 0 Å². The highest BCUT2D eigenvalue weighted by Gasteiger charge is 2.04. The van der Waals surface area contributed by atoms with Crippen LogP contribution < -0.4 is 15.5 Å². The molecule has 0 fully saturated rings. The summed E-state index contributed by atoms with van der Waals surface area (Å²) in [5.41, 5.74) is 3.10. The van der Waals surface area contributed by atoms with Gasteiger partial charge in [0.25, 0.3) is 0 Å². The number of rotatable bonds is 6. The number of benzene rings is 2. The monoisotopic (exact) mass is 381 g/mol. The molecule has 0 amide bonds. The molecular formula is C18H21Cl2N3S. The lowest BCUT2D eigenvalue weighted by molar-refractivity contribution is 0.866. The first-order valence-corrected chi connectivity index (χ1v) is 9.03. The smallest absolute Gasteiger partial charge is 0.171 e. The van der Waals surface area contributed by atoms with Crippen molar-refractivity contribution in [3.8, 4) is 0 Å². The van der Waals surface area contributed by atoms with E-state index in [1.54, 1.807) is 6.07 Å². The van der Waals surface area contributed by atoms with Crippen LogP contribution in [0, 0.1) is 0 Å². The van der Waals surface area contributed by atoms with E-state index < -0.39 is 0 Å². The van der Waals surface area contributed by atoms with Gasteiger partial charge in [0.05, 0.1) is 0 Å². The lowest BCUT2D eigenvalue weighted by Crippen LogP contribution is -2.28. The first-order valence-electron chi connectivity index (χ1n) is 7.87. The second-order valence-electron chi connectivity index (χ2n) is 5.26. The predicted octanol–water partition coefficient (Wildman–Crippen LogP) is 5.33. The Hall–Kier alpha value is -1.49. The first-order chi connectivity index (χ1) is 11.5. The summed E-state index contributed by atoms with van der Waals surface area (Å²) in [6.45, 7) is 6.82. The number of nitrogens with zero attached hydrogens (tertiary/aromatic N) is 1. The van der Waals surface area contributed by atoms with E-state index in [0.29, 0.717) is 21.7 Å². The number of thiocarbonyl (C=S) groups is 1. The normalized spacial score (nSPS) is 10.3. The molecule has 2 rings (SSSR count). The van der Waals surface area contributed by atoms with E-state index in [-0.39, 0.29) is 0 Å². The van der Waals surface area contributed by atoms with E-state index in [1.807, 2.05) is 24.3 Å². The topological polar surface area (TPSA) is 27.3 Å². The van der Waals surface area contributed by atoms with Crippen LogP contribution in [-0.2, 0) is 6.54 Å². The molecule has 0 aliphatic carbocycles. The lowest BCUT2D eigenvalue weighted by Gasteiger charge is -2.21. The fraction of sp³-hybridized carbons (Fsp3) is 0.278. The van der Waals surface area contributed by atoms with Gasteiger partial charge in [0, 0.05) is 41.1 Å². The average molecular weight is 382 g/mol. The van der Waals surface area contributed by atoms with E-state index in [4.69, 9.17) is 35.4 Å². The van der Waals surface area contributed by atoms with Crippen LogP contribution in [0.25, 0.3) is 0 Å². The van der Waals surface area contributed by atoms with E-state index >= 15 is 0 Å². The van der Waals surface area contributed by atoms with Gasteiger partial charge >= 0.3 is 0 Å². The van der Waals surface area contributed by atoms with E-state index in [9.17, 15) is 0 Å². The predicted molar refractivity (Wildman–Crippen MR) is 110 cm³/mol. The minimum absolute atomic E-state index is 0.541. The Labute approximate surface area is 159 Å². The van der Waals surface area contributed by atoms with E-state index in [0.717, 1.165) is 24.3 Å². The molecule has 0 aliphatic rings. The number of hydrogen-bond donors (Lipinski definition) is 2. The maximum absolute atomic E-state index is 6.15. The van der Waals surface area contributed by atoms with E-state index in [2.05, 4.69) is 41.5 Å². The van der Waals surface area contributed by atoms with Crippen LogP contribution >= 0.6 is 35.4 Å². The van der Waals surface area contributed by atoms with Crippen molar-refractivity contribution in [1.29, 1.82) is 0 Å². The molecule has 0 spiro atoms. The van der Waals surface area contributed by atoms with Gasteiger partial charge in [-0.15, -0.1) is 0 Å². The van der Waals surface area contributed by atoms with Gasteiger partial charge < -0.3 is 15.5 Å². The summed E-state index contributed by atoms with van der Waals surface area (Å²) in [4.78, 5) is 2.29. The third-order valence-corrected chi connectivity index (χ3v) is 4.54. The molecule has 0 radical (unpaired) electrons. The molecule has 3 nitrogen and oxygen atoms in total. The molecule has 24 heavy (non-hydrogen) atoms. The van der Waals surface area contributed by atoms with Crippen molar-refractivity contribution in [2.75, 3.05) is 23.3 Å². The minimum atomic E-state index is 0.541. The maximum atomic E-state index is 6.15. The van der Waals surface area contributed by atoms with Gasteiger partial charge in [-0.3, -0.25) is 0 Å². The molecule has 0 aliphatic heterocycles. The fourth-order valence-corrected chi connectivity index (χ4v) is 3.03. The Kier molecular flexibility index (Phi) is 7.16. The molecule has 0 heterocycles. The molecule has 0 bridgehead atoms. The summed E-state index contributed by atoms with van der Waals surface area (Å²) in [6, 6.07) is 13.7. The molecule has 2 N–H and O–H groups in total. The molecule has 0 aromatic heterocycles. The van der Waals surface area contributed by atoms with Gasteiger partial charge in [0.15, 0.2) is 5.11 Å². The van der Waals surface area contributed by atoms with Crippen molar-refractivity contribution in [3.63, 3.8) is 0 Å². The highest BCUT2D eigenvalue weighted by molar-refractivity contribution is 7.80. The van der Waals surface area contributed by atoms with Crippen molar-refractivity contribution in [2.45, 2.75) is 20.4 Å². The maximum Gasteiger partial charge on any atom is 0.171 e. The van der Waals surface area contributed by atoms with Crippen molar-refractivity contribution in [2.24, 2.45) is 0 Å². The van der Waals surface area contributed by atoms with Crippen molar-refractivity contribution in [1.82, 2.24) is 5.32 Å². The molecule has 0 unspecified atom stereocenters. The molecule has 0 saturated carbocycles. The molecule has 0 saturated heterocycles. The molecule has 2 aromatic rings. The third-order valence-electron chi connectivity index (χ3n) is 3.71. The molecule has 128 valence electrons. The molecule has 6 heteroatoms. The van der Waals surface area contributed by atoms with Gasteiger partial charge in [-0.1, -0.05) is 29.3 Å². The quantitative estimate of drug-likeness (QED) is 0.661. The average Bonchev–Trinajstić information content (AvgIpc) is 2.56. The van der Waals surface area contributed by atoms with Gasteiger partial charge in [-0.2, -0.15) is 0 Å². The Morgan fingerprint density at radius 1 is 1.04 bits per heavy atom. The van der Waals surface area contributed by atoms with Crippen molar-refractivity contribution in [3.05, 3.63) is 58.1 Å². The van der Waals surface area contributed by atoms with Crippen LogP contribution in [0.4, 0.5) is 11.4 Å². The van der Waals surface area contributed by atoms with Gasteiger partial charge in [-0.05, 0) is 68.0 Å². The number of anilines is 2. The summed E-state index contributed by atoms with van der Waals surface area (Å²) in [5, 5.41) is 8.13. The highest BCUT2D eigenvalue weighted by Crippen LogP contribution is 2.21. The van der Waals surface area contributed by atoms with Gasteiger partial charge in [0.1, 0.15) is 0 Å². The largest absolute Gasteiger partial charge is 0.372 e. The van der Waals surface area contributed by atoms with Crippen LogP contribution in [0.3, 0.4) is 0 Å². The number of hydrogen-bond acceptors (Lipinski definition) is 2. The van der Waals surface area contributed by atoms with Crippen LogP contribution in [0.1, 0.15) is 19.4 Å². The first kappa shape index (κ1) is 18.8. The SMILES string of the molecule is CCN(CC)c1ccc(NC(=S)NCc2ccc(Cl)cc2Cl)cc1. The van der Waals surface area contributed by atoms with E-state index in [1.165, 1.54) is 5.69 Å². The summed E-state index contributed by atoms with van der Waals surface area (Å²) < 4.78 is 0. The van der Waals surface area contributed by atoms with Gasteiger partial charge in [0.2, 0.25) is 0 Å². The zero-order chi connectivity index (χ0) is 17.5. The molecular weight excluding hydrogens is 361 g/mol. The minimum Gasteiger partial charge on any atom is -0.372 e. The summed E-state index contributed by atoms with van der Waals surface area (Å²) in [7, 11) is 0. The third kappa shape index (κ3) is 5.26. The molecule has 0 atom stereocenters. The highest BCUT2D eigenvalue weighted by atomic mass is 35.5. The van der Waals surface area contributed by atoms with Crippen LogP contribution in [0.2, 0.25) is 10.0 Å². The Bertz CT molecular complexity index is 685. The zero-order valence-corrected chi connectivity index (χ0v) is 16.1. The van der Waals surface area contributed by atoms with Crippen LogP contribution in [0.15, 0.2) is 42.5 Å². The Balaban J connectivity index is 1.90. The molecule has 2 aromatic carbocycles. The second kappa shape index (κ2) is 9.11. The van der Waals surface area contributed by atoms with Crippen LogP contribution in [-0.4, -0.2) is 18.2 Å². The fourth-order valence-electron chi connectivity index (χ4n) is 2.36. The zero-order valence-electron chi connectivity index (χ0n) is 13.8. The van der Waals surface area contributed by atoms with Crippen LogP contribution in [0.5, 0.6) is 0 Å². The second-order valence-corrected chi connectivity index (χ2v) is 6.51. The number of nitrogens with one attached hydrogen (secondary N) is 2. The summed E-state index contributed by atoms with van der Waals surface area (Å²) in [6.07, 6.45) is 0. The summed E-state index contributed by atoms with van der Waals surface area (Å²) >= 11 is 17.4. The number of halogens is 2. The Morgan fingerprint density at radius 2 is 1.71 bits per heavy atom. The lowest BCUT2D eigenvalue weighted by atomic mass is 10.2. The standard InChI is InChI=1S/C18H21Cl2N3S/c1-3-23(4-2)16-9-7-15(8-10-16)22-18(24)21-12-13-5-6-14(19)11-17(13)20/h5-11H,3-4,12H2,1-2H3,(H2,21,22,24). The Morgan fingerprint density at radius 3 is 2.29 bits per heavy atom. The summed E-state index contributed by atoms with van der Waals surface area (Å²) in [5.74, 6) is 0. The van der Waals surface area contributed by atoms with Crippen molar-refractivity contribution < 1.29 is 0 Å².